The van der Waals surface area contributed by atoms with Crippen LogP contribution in [0.1, 0.15) is 45.4 Å². The van der Waals surface area contributed by atoms with Crippen LogP contribution in [-0.2, 0) is 16.6 Å². The summed E-state index contributed by atoms with van der Waals surface area (Å²) in [6.45, 7) is 13.1. The van der Waals surface area contributed by atoms with Gasteiger partial charge in [0.1, 0.15) is 4.21 Å². The molecule has 0 saturated heterocycles. The Labute approximate surface area is 175 Å². The highest BCUT2D eigenvalue weighted by Gasteiger charge is 2.19. The summed E-state index contributed by atoms with van der Waals surface area (Å²) >= 11 is 1.27. The van der Waals surface area contributed by atoms with Gasteiger partial charge in [-0.2, -0.15) is 0 Å². The number of aliphatic imine (C=N–C) groups is 1. The van der Waals surface area contributed by atoms with Crippen LogP contribution in [0.25, 0.3) is 0 Å². The summed E-state index contributed by atoms with van der Waals surface area (Å²) in [5.74, 6) is 0.767. The minimum absolute atomic E-state index is 0.321. The van der Waals surface area contributed by atoms with Gasteiger partial charge in [0.15, 0.2) is 5.96 Å². The van der Waals surface area contributed by atoms with Crippen molar-refractivity contribution in [2.45, 2.75) is 57.3 Å². The third-order valence-electron chi connectivity index (χ3n) is 4.50. The molecule has 1 atom stereocenters. The predicted octanol–water partition coefficient (Wildman–Crippen LogP) is 2.56. The Morgan fingerprint density at radius 1 is 1.21 bits per heavy atom. The van der Waals surface area contributed by atoms with Gasteiger partial charge in [-0.1, -0.05) is 13.8 Å². The molecule has 0 fully saturated rings. The Bertz CT molecular complexity index is 697. The number of rotatable bonds is 12. The highest BCUT2D eigenvalue weighted by Crippen LogP contribution is 2.24. The summed E-state index contributed by atoms with van der Waals surface area (Å²) in [6.07, 6.45) is 2.22. The first-order valence-electron chi connectivity index (χ1n) is 10.0. The van der Waals surface area contributed by atoms with E-state index in [2.05, 4.69) is 41.3 Å². The molecule has 9 heteroatoms. The molecule has 0 aliphatic heterocycles. The molecule has 0 aliphatic carbocycles. The molecule has 0 amide bonds. The molecule has 0 radical (unpaired) electrons. The molecular weight excluding hydrogens is 394 g/mol. The van der Waals surface area contributed by atoms with E-state index in [0.29, 0.717) is 16.8 Å². The standard InChI is InChI=1S/C19H37N5O2S2/c1-7-20-19(22-16(4)11-10-14-24(8-2)9-3)21-15-17-12-13-18(27-17)28(25,26)23(5)6/h12-13,16H,7-11,14-15H2,1-6H3,(H2,20,21,22). The summed E-state index contributed by atoms with van der Waals surface area (Å²) in [5, 5.41) is 6.72. The average Bonchev–Trinajstić information content (AvgIpc) is 3.13. The van der Waals surface area contributed by atoms with Crippen LogP contribution in [0.3, 0.4) is 0 Å². The molecule has 0 saturated carbocycles. The van der Waals surface area contributed by atoms with Crippen molar-refractivity contribution < 1.29 is 8.42 Å². The summed E-state index contributed by atoms with van der Waals surface area (Å²) in [5.41, 5.74) is 0. The maximum Gasteiger partial charge on any atom is 0.252 e. The SMILES string of the molecule is CCNC(=NCc1ccc(S(=O)(=O)N(C)C)s1)NC(C)CCCN(CC)CC. The molecule has 28 heavy (non-hydrogen) atoms. The summed E-state index contributed by atoms with van der Waals surface area (Å²) < 4.78 is 26.0. The van der Waals surface area contributed by atoms with Gasteiger partial charge in [-0.05, 0) is 58.5 Å². The Balaban J connectivity index is 2.63. The lowest BCUT2D eigenvalue weighted by Gasteiger charge is -2.21. The van der Waals surface area contributed by atoms with Gasteiger partial charge in [0, 0.05) is 31.6 Å². The summed E-state index contributed by atoms with van der Waals surface area (Å²) in [7, 11) is -0.291. The van der Waals surface area contributed by atoms with Crippen molar-refractivity contribution in [3.63, 3.8) is 0 Å². The van der Waals surface area contributed by atoms with Gasteiger partial charge in [0.25, 0.3) is 10.0 Å². The minimum Gasteiger partial charge on any atom is -0.357 e. The largest absolute Gasteiger partial charge is 0.357 e. The third-order valence-corrected chi connectivity index (χ3v) is 7.85. The van der Waals surface area contributed by atoms with Crippen LogP contribution in [0, 0.1) is 0 Å². The topological polar surface area (TPSA) is 77.0 Å². The molecule has 1 aromatic heterocycles. The molecule has 162 valence electrons. The van der Waals surface area contributed by atoms with Crippen molar-refractivity contribution >= 4 is 27.3 Å². The fraction of sp³-hybridized carbons (Fsp3) is 0.737. The molecule has 7 nitrogen and oxygen atoms in total. The van der Waals surface area contributed by atoms with E-state index in [1.807, 2.05) is 13.0 Å². The lowest BCUT2D eigenvalue weighted by molar-refractivity contribution is 0.292. The molecule has 0 aliphatic rings. The van der Waals surface area contributed by atoms with Crippen molar-refractivity contribution in [2.24, 2.45) is 4.99 Å². The van der Waals surface area contributed by atoms with E-state index in [1.165, 1.54) is 15.6 Å². The predicted molar refractivity (Wildman–Crippen MR) is 120 cm³/mol. The number of hydrogen-bond donors (Lipinski definition) is 2. The van der Waals surface area contributed by atoms with E-state index >= 15 is 0 Å². The van der Waals surface area contributed by atoms with Gasteiger partial charge in [-0.3, -0.25) is 0 Å². The van der Waals surface area contributed by atoms with E-state index < -0.39 is 10.0 Å². The Hall–Kier alpha value is -1.16. The van der Waals surface area contributed by atoms with E-state index in [9.17, 15) is 8.42 Å². The van der Waals surface area contributed by atoms with Crippen molar-refractivity contribution in [1.82, 2.24) is 19.8 Å². The summed E-state index contributed by atoms with van der Waals surface area (Å²) in [6, 6.07) is 3.81. The number of hydrogen-bond acceptors (Lipinski definition) is 5. The molecule has 1 unspecified atom stereocenters. The lowest BCUT2D eigenvalue weighted by atomic mass is 10.2. The number of nitrogens with one attached hydrogen (secondary N) is 2. The van der Waals surface area contributed by atoms with E-state index in [1.54, 1.807) is 20.2 Å². The first-order chi connectivity index (χ1) is 13.2. The van der Waals surface area contributed by atoms with Crippen molar-refractivity contribution in [1.29, 1.82) is 0 Å². The number of sulfonamides is 1. The van der Waals surface area contributed by atoms with Gasteiger partial charge in [-0.25, -0.2) is 17.7 Å². The van der Waals surface area contributed by atoms with Crippen LogP contribution >= 0.6 is 11.3 Å². The van der Waals surface area contributed by atoms with Crippen LogP contribution in [0.2, 0.25) is 0 Å². The summed E-state index contributed by atoms with van der Waals surface area (Å²) in [4.78, 5) is 7.98. The van der Waals surface area contributed by atoms with Gasteiger partial charge < -0.3 is 15.5 Å². The smallest absolute Gasteiger partial charge is 0.252 e. The van der Waals surface area contributed by atoms with Crippen molar-refractivity contribution in [2.75, 3.05) is 40.3 Å². The first kappa shape index (κ1) is 24.9. The normalized spacial score (nSPS) is 13.9. The average molecular weight is 432 g/mol. The highest BCUT2D eigenvalue weighted by atomic mass is 32.2. The first-order valence-corrected chi connectivity index (χ1v) is 12.3. The molecule has 1 aromatic rings. The molecule has 0 spiro atoms. The van der Waals surface area contributed by atoms with E-state index in [4.69, 9.17) is 0 Å². The Morgan fingerprint density at radius 2 is 1.89 bits per heavy atom. The number of guanidine groups is 1. The van der Waals surface area contributed by atoms with Crippen molar-refractivity contribution in [3.05, 3.63) is 17.0 Å². The van der Waals surface area contributed by atoms with Crippen LogP contribution in [0.4, 0.5) is 0 Å². The van der Waals surface area contributed by atoms with Crippen molar-refractivity contribution in [3.8, 4) is 0 Å². The zero-order chi connectivity index (χ0) is 21.2. The fourth-order valence-electron chi connectivity index (χ4n) is 2.71. The minimum atomic E-state index is -3.38. The number of nitrogens with zero attached hydrogens (tertiary/aromatic N) is 3. The van der Waals surface area contributed by atoms with E-state index in [-0.39, 0.29) is 0 Å². The second kappa shape index (κ2) is 12.4. The molecular formula is C19H37N5O2S2. The van der Waals surface area contributed by atoms with Crippen LogP contribution in [0.15, 0.2) is 21.3 Å². The molecule has 1 rings (SSSR count). The molecule has 2 N–H and O–H groups in total. The Kier molecular flexibility index (Phi) is 11.0. The number of thiophene rings is 1. The maximum atomic E-state index is 12.2. The van der Waals surface area contributed by atoms with Gasteiger partial charge in [0.05, 0.1) is 6.54 Å². The van der Waals surface area contributed by atoms with Crippen LogP contribution < -0.4 is 10.6 Å². The second-order valence-electron chi connectivity index (χ2n) is 6.92. The maximum absolute atomic E-state index is 12.2. The quantitative estimate of drug-likeness (QED) is 0.393. The monoisotopic (exact) mass is 431 g/mol. The van der Waals surface area contributed by atoms with Crippen LogP contribution in [0.5, 0.6) is 0 Å². The second-order valence-corrected chi connectivity index (χ2v) is 10.5. The van der Waals surface area contributed by atoms with Gasteiger partial charge in [-0.15, -0.1) is 11.3 Å². The molecule has 1 heterocycles. The fourth-order valence-corrected chi connectivity index (χ4v) is 5.15. The lowest BCUT2D eigenvalue weighted by Crippen LogP contribution is -2.42. The highest BCUT2D eigenvalue weighted by molar-refractivity contribution is 7.91. The molecule has 0 bridgehead atoms. The van der Waals surface area contributed by atoms with Gasteiger partial charge >= 0.3 is 0 Å². The third kappa shape index (κ3) is 8.06. The molecule has 0 aromatic carbocycles. The van der Waals surface area contributed by atoms with Crippen LogP contribution in [-0.4, -0.2) is 69.9 Å². The van der Waals surface area contributed by atoms with Gasteiger partial charge in [0.2, 0.25) is 0 Å². The zero-order valence-corrected chi connectivity index (χ0v) is 19.8. The zero-order valence-electron chi connectivity index (χ0n) is 18.2. The van der Waals surface area contributed by atoms with E-state index in [0.717, 1.165) is 49.9 Å². The Morgan fingerprint density at radius 3 is 2.46 bits per heavy atom.